The second kappa shape index (κ2) is 3.30. The number of rotatable bonds is 1. The fraction of sp³-hybridized carbons (Fsp3) is 0. The number of nitrogens with zero attached hydrogens (tertiary/aromatic N) is 3. The van der Waals surface area contributed by atoms with Crippen LogP contribution in [0.25, 0.3) is 11.0 Å². The Morgan fingerprint density at radius 2 is 2.00 bits per heavy atom. The molecule has 0 bridgehead atoms. The van der Waals surface area contributed by atoms with E-state index < -0.39 is 4.92 Å². The summed E-state index contributed by atoms with van der Waals surface area (Å²) in [7, 11) is 0. The summed E-state index contributed by atoms with van der Waals surface area (Å²) < 4.78 is 0.413. The maximum Gasteiger partial charge on any atom is 0.311 e. The zero-order valence-electron chi connectivity index (χ0n) is 6.85. The van der Waals surface area contributed by atoms with Crippen LogP contribution in [0.5, 0.6) is 0 Å². The Morgan fingerprint density at radius 3 is 2.71 bits per heavy atom. The molecular weight excluding hydrogens is 250 g/mol. The van der Waals surface area contributed by atoms with Gasteiger partial charge in [0.05, 0.1) is 14.9 Å². The van der Waals surface area contributed by atoms with Gasteiger partial charge in [0, 0.05) is 12.4 Å². The number of nitro groups is 1. The molecule has 2 rings (SSSR count). The molecule has 0 unspecified atom stereocenters. The third kappa shape index (κ3) is 1.33. The lowest BCUT2D eigenvalue weighted by molar-refractivity contribution is -0.384. The van der Waals surface area contributed by atoms with Gasteiger partial charge in [0.1, 0.15) is 0 Å². The first-order valence-corrected chi connectivity index (χ1v) is 4.53. The normalized spacial score (nSPS) is 10.4. The quantitative estimate of drug-likeness (QED) is 0.578. The van der Waals surface area contributed by atoms with Crippen LogP contribution in [-0.4, -0.2) is 14.9 Å². The molecule has 1 heterocycles. The maximum absolute atomic E-state index is 10.7. The molecular formula is C8H4BrN3O2. The lowest BCUT2D eigenvalue weighted by Crippen LogP contribution is -1.93. The molecule has 0 radical (unpaired) electrons. The molecule has 0 saturated carbocycles. The summed E-state index contributed by atoms with van der Waals surface area (Å²) in [4.78, 5) is 18.2. The van der Waals surface area contributed by atoms with Crippen molar-refractivity contribution < 1.29 is 4.92 Å². The van der Waals surface area contributed by atoms with Gasteiger partial charge >= 0.3 is 5.69 Å². The van der Waals surface area contributed by atoms with Crippen LogP contribution in [0.2, 0.25) is 0 Å². The summed E-state index contributed by atoms with van der Waals surface area (Å²) >= 11 is 3.11. The molecule has 1 aromatic carbocycles. The SMILES string of the molecule is O=[N+]([O-])c1c(Br)ccc2nccnc12. The Bertz CT molecular complexity index is 515. The van der Waals surface area contributed by atoms with E-state index in [4.69, 9.17) is 0 Å². The zero-order chi connectivity index (χ0) is 10.1. The highest BCUT2D eigenvalue weighted by atomic mass is 79.9. The first-order valence-electron chi connectivity index (χ1n) is 3.74. The van der Waals surface area contributed by atoms with Gasteiger partial charge in [0.25, 0.3) is 0 Å². The molecule has 0 amide bonds. The Hall–Kier alpha value is -1.56. The lowest BCUT2D eigenvalue weighted by atomic mass is 10.2. The Morgan fingerprint density at radius 1 is 1.29 bits per heavy atom. The lowest BCUT2D eigenvalue weighted by Gasteiger charge is -1.98. The second-order valence-electron chi connectivity index (χ2n) is 2.58. The summed E-state index contributed by atoms with van der Waals surface area (Å²) in [5, 5.41) is 10.7. The van der Waals surface area contributed by atoms with E-state index in [1.54, 1.807) is 12.1 Å². The summed E-state index contributed by atoms with van der Waals surface area (Å²) in [5.41, 5.74) is 0.768. The minimum atomic E-state index is -0.471. The van der Waals surface area contributed by atoms with Crippen molar-refractivity contribution in [3.8, 4) is 0 Å². The fourth-order valence-corrected chi connectivity index (χ4v) is 1.64. The van der Waals surface area contributed by atoms with E-state index >= 15 is 0 Å². The highest BCUT2D eigenvalue weighted by Gasteiger charge is 2.17. The van der Waals surface area contributed by atoms with Crippen LogP contribution in [0.4, 0.5) is 5.69 Å². The van der Waals surface area contributed by atoms with Gasteiger partial charge in [-0.3, -0.25) is 15.1 Å². The summed E-state index contributed by atoms with van der Waals surface area (Å²) in [5.74, 6) is 0. The molecule has 0 N–H and O–H groups in total. The van der Waals surface area contributed by atoms with Crippen LogP contribution in [0.15, 0.2) is 29.0 Å². The molecule has 0 saturated heterocycles. The van der Waals surface area contributed by atoms with Crippen molar-refractivity contribution >= 4 is 32.7 Å². The van der Waals surface area contributed by atoms with Crippen molar-refractivity contribution in [1.29, 1.82) is 0 Å². The van der Waals surface area contributed by atoms with Gasteiger partial charge in [-0.2, -0.15) is 0 Å². The van der Waals surface area contributed by atoms with Crippen LogP contribution in [0, 0.1) is 10.1 Å². The monoisotopic (exact) mass is 253 g/mol. The summed E-state index contributed by atoms with van der Waals surface area (Å²) in [6.07, 6.45) is 2.93. The van der Waals surface area contributed by atoms with Gasteiger partial charge in [0.15, 0.2) is 5.52 Å². The molecule has 0 aliphatic carbocycles. The molecule has 0 aliphatic heterocycles. The molecule has 70 valence electrons. The van der Waals surface area contributed by atoms with Crippen molar-refractivity contribution in [2.75, 3.05) is 0 Å². The number of aromatic nitrogens is 2. The molecule has 0 atom stereocenters. The average Bonchev–Trinajstić information content (AvgIpc) is 2.17. The molecule has 0 aliphatic rings. The van der Waals surface area contributed by atoms with Gasteiger partial charge in [-0.25, -0.2) is 4.98 Å². The van der Waals surface area contributed by atoms with Crippen LogP contribution in [0.1, 0.15) is 0 Å². The highest BCUT2D eigenvalue weighted by molar-refractivity contribution is 9.10. The maximum atomic E-state index is 10.7. The van der Waals surface area contributed by atoms with E-state index in [2.05, 4.69) is 25.9 Å². The minimum absolute atomic E-state index is 0.0457. The molecule has 6 heteroatoms. The van der Waals surface area contributed by atoms with Gasteiger partial charge < -0.3 is 0 Å². The Labute approximate surface area is 87.1 Å². The van der Waals surface area contributed by atoms with E-state index in [0.29, 0.717) is 15.5 Å². The van der Waals surface area contributed by atoms with E-state index in [1.807, 2.05) is 0 Å². The minimum Gasteiger partial charge on any atom is -0.258 e. The molecule has 0 fully saturated rings. The fourth-order valence-electron chi connectivity index (χ4n) is 1.17. The Kier molecular flexibility index (Phi) is 2.12. The standard InChI is InChI=1S/C8H4BrN3O2/c9-5-1-2-6-7(8(5)12(13)14)11-4-3-10-6/h1-4H. The van der Waals surface area contributed by atoms with E-state index in [1.165, 1.54) is 12.4 Å². The molecule has 0 spiro atoms. The van der Waals surface area contributed by atoms with Crippen molar-refractivity contribution in [1.82, 2.24) is 9.97 Å². The highest BCUT2D eigenvalue weighted by Crippen LogP contribution is 2.30. The molecule has 5 nitrogen and oxygen atoms in total. The van der Waals surface area contributed by atoms with Crippen LogP contribution in [-0.2, 0) is 0 Å². The Balaban J connectivity index is 2.90. The van der Waals surface area contributed by atoms with E-state index in [0.717, 1.165) is 0 Å². The molecule has 14 heavy (non-hydrogen) atoms. The first-order chi connectivity index (χ1) is 6.70. The van der Waals surface area contributed by atoms with Crippen molar-refractivity contribution in [2.45, 2.75) is 0 Å². The predicted octanol–water partition coefficient (Wildman–Crippen LogP) is 2.30. The second-order valence-corrected chi connectivity index (χ2v) is 3.43. The number of hydrogen-bond acceptors (Lipinski definition) is 4. The van der Waals surface area contributed by atoms with Crippen LogP contribution < -0.4 is 0 Å². The van der Waals surface area contributed by atoms with Crippen molar-refractivity contribution in [2.24, 2.45) is 0 Å². The molecule has 1 aromatic heterocycles. The van der Waals surface area contributed by atoms with Crippen molar-refractivity contribution in [3.63, 3.8) is 0 Å². The largest absolute Gasteiger partial charge is 0.311 e. The summed E-state index contributed by atoms with van der Waals surface area (Å²) in [6, 6.07) is 3.27. The topological polar surface area (TPSA) is 68.9 Å². The number of benzene rings is 1. The number of fused-ring (bicyclic) bond motifs is 1. The number of nitro benzene ring substituents is 1. The smallest absolute Gasteiger partial charge is 0.258 e. The van der Waals surface area contributed by atoms with Gasteiger partial charge in [-0.1, -0.05) is 0 Å². The zero-order valence-corrected chi connectivity index (χ0v) is 8.43. The van der Waals surface area contributed by atoms with Crippen LogP contribution >= 0.6 is 15.9 Å². The van der Waals surface area contributed by atoms with Gasteiger partial charge in [0.2, 0.25) is 0 Å². The molecule has 2 aromatic rings. The van der Waals surface area contributed by atoms with E-state index in [-0.39, 0.29) is 5.69 Å². The van der Waals surface area contributed by atoms with Crippen LogP contribution in [0.3, 0.4) is 0 Å². The van der Waals surface area contributed by atoms with Gasteiger partial charge in [-0.15, -0.1) is 0 Å². The van der Waals surface area contributed by atoms with E-state index in [9.17, 15) is 10.1 Å². The first kappa shape index (κ1) is 9.01. The van der Waals surface area contributed by atoms with Crippen molar-refractivity contribution in [3.05, 3.63) is 39.1 Å². The third-order valence-corrected chi connectivity index (χ3v) is 2.39. The third-order valence-electron chi connectivity index (χ3n) is 1.75. The predicted molar refractivity (Wildman–Crippen MR) is 53.9 cm³/mol. The average molecular weight is 254 g/mol. The number of hydrogen-bond donors (Lipinski definition) is 0. The summed E-state index contributed by atoms with van der Waals surface area (Å²) in [6.45, 7) is 0. The number of halogens is 1. The van der Waals surface area contributed by atoms with Gasteiger partial charge in [-0.05, 0) is 28.1 Å².